The molecule has 0 atom stereocenters. The van der Waals surface area contributed by atoms with E-state index < -0.39 is 0 Å². The zero-order valence-corrected chi connectivity index (χ0v) is 9.90. The number of rotatable bonds is 6. The van der Waals surface area contributed by atoms with Crippen LogP contribution in [-0.2, 0) is 4.74 Å². The lowest BCUT2D eigenvalue weighted by Crippen LogP contribution is -2.10. The van der Waals surface area contributed by atoms with Gasteiger partial charge in [-0.15, -0.1) is 0 Å². The second kappa shape index (κ2) is 6.22. The van der Waals surface area contributed by atoms with Crippen molar-refractivity contribution in [3.05, 3.63) is 10.5 Å². The lowest BCUT2D eigenvalue weighted by atomic mass is 10.2. The maximum absolute atomic E-state index is 5.63. The predicted molar refractivity (Wildman–Crippen MR) is 58.3 cm³/mol. The van der Waals surface area contributed by atoms with E-state index in [2.05, 4.69) is 18.8 Å². The number of hydrogen-bond donors (Lipinski definition) is 0. The fourth-order valence-electron chi connectivity index (χ4n) is 0.812. The van der Waals surface area contributed by atoms with Gasteiger partial charge >= 0.3 is 0 Å². The third kappa shape index (κ3) is 4.79. The molecule has 0 aliphatic heterocycles. The van der Waals surface area contributed by atoms with E-state index in [1.807, 2.05) is 0 Å². The molecule has 14 heavy (non-hydrogen) atoms. The van der Waals surface area contributed by atoms with Gasteiger partial charge < -0.3 is 9.47 Å². The third-order valence-electron chi connectivity index (χ3n) is 1.36. The topological polar surface area (TPSA) is 31.4 Å². The van der Waals surface area contributed by atoms with E-state index in [1.165, 1.54) is 11.3 Å². The highest BCUT2D eigenvalue weighted by Gasteiger charge is 2.00. The molecular weight excluding hydrogens is 222 g/mol. The molecule has 0 unspecified atom stereocenters. The zero-order chi connectivity index (χ0) is 10.4. The summed E-state index contributed by atoms with van der Waals surface area (Å²) < 4.78 is 10.6. The van der Waals surface area contributed by atoms with Gasteiger partial charge in [0, 0.05) is 12.0 Å². The molecular formula is C9H14ClNO2S. The Morgan fingerprint density at radius 2 is 2.29 bits per heavy atom. The Hall–Kier alpha value is -0.320. The van der Waals surface area contributed by atoms with Crippen molar-refractivity contribution in [1.29, 1.82) is 0 Å². The van der Waals surface area contributed by atoms with E-state index in [1.54, 1.807) is 5.38 Å². The van der Waals surface area contributed by atoms with Crippen LogP contribution in [0.15, 0.2) is 5.38 Å². The Morgan fingerprint density at radius 3 is 2.86 bits per heavy atom. The summed E-state index contributed by atoms with van der Waals surface area (Å²) in [6.45, 7) is 6.11. The molecule has 1 aromatic heterocycles. The summed E-state index contributed by atoms with van der Waals surface area (Å²) in [5.41, 5.74) is 0. The molecule has 3 nitrogen and oxygen atoms in total. The molecule has 0 bridgehead atoms. The van der Waals surface area contributed by atoms with Gasteiger partial charge in [0.15, 0.2) is 0 Å². The first-order valence-corrected chi connectivity index (χ1v) is 5.76. The zero-order valence-electron chi connectivity index (χ0n) is 8.33. The molecule has 0 spiro atoms. The van der Waals surface area contributed by atoms with Gasteiger partial charge in [-0.2, -0.15) is 4.98 Å². The van der Waals surface area contributed by atoms with Gasteiger partial charge in [-0.25, -0.2) is 0 Å². The molecule has 0 fully saturated rings. The van der Waals surface area contributed by atoms with Crippen LogP contribution in [0.25, 0.3) is 0 Å². The fraction of sp³-hybridized carbons (Fsp3) is 0.667. The molecule has 1 aromatic rings. The molecule has 0 aliphatic rings. The molecule has 0 radical (unpaired) electrons. The summed E-state index contributed by atoms with van der Waals surface area (Å²) in [6.07, 6.45) is 0. The van der Waals surface area contributed by atoms with E-state index in [0.29, 0.717) is 29.5 Å². The SMILES string of the molecule is CC(C)COCCOc1nc(Cl)cs1. The molecule has 1 rings (SSSR count). The van der Waals surface area contributed by atoms with Crippen molar-refractivity contribution in [2.24, 2.45) is 5.92 Å². The number of aromatic nitrogens is 1. The summed E-state index contributed by atoms with van der Waals surface area (Å²) in [5.74, 6) is 0.560. The monoisotopic (exact) mass is 235 g/mol. The largest absolute Gasteiger partial charge is 0.468 e. The first-order chi connectivity index (χ1) is 6.68. The number of halogens is 1. The highest BCUT2D eigenvalue weighted by atomic mass is 35.5. The van der Waals surface area contributed by atoms with E-state index in [4.69, 9.17) is 21.1 Å². The molecule has 1 heterocycles. The minimum absolute atomic E-state index is 0.480. The van der Waals surface area contributed by atoms with E-state index >= 15 is 0 Å². The van der Waals surface area contributed by atoms with Crippen molar-refractivity contribution in [3.63, 3.8) is 0 Å². The molecule has 80 valence electrons. The van der Waals surface area contributed by atoms with Crippen LogP contribution in [0.2, 0.25) is 5.15 Å². The molecule has 0 aromatic carbocycles. The van der Waals surface area contributed by atoms with Crippen LogP contribution in [0.1, 0.15) is 13.8 Å². The Kier molecular flexibility index (Phi) is 5.22. The van der Waals surface area contributed by atoms with Crippen LogP contribution >= 0.6 is 22.9 Å². The van der Waals surface area contributed by atoms with Gasteiger partial charge in [0.1, 0.15) is 11.8 Å². The van der Waals surface area contributed by atoms with Crippen molar-refractivity contribution in [2.75, 3.05) is 19.8 Å². The molecule has 0 N–H and O–H groups in total. The fourth-order valence-corrected chi connectivity index (χ4v) is 1.63. The number of hydrogen-bond acceptors (Lipinski definition) is 4. The van der Waals surface area contributed by atoms with Gasteiger partial charge in [0.2, 0.25) is 0 Å². The summed E-state index contributed by atoms with van der Waals surface area (Å²) in [5, 5.41) is 2.82. The Bertz CT molecular complexity index is 265. The van der Waals surface area contributed by atoms with Gasteiger partial charge in [-0.1, -0.05) is 36.8 Å². The minimum atomic E-state index is 0.480. The van der Waals surface area contributed by atoms with Crippen LogP contribution in [0.4, 0.5) is 0 Å². The van der Waals surface area contributed by atoms with Crippen LogP contribution in [0, 0.1) is 5.92 Å². The number of thiazole rings is 1. The first-order valence-electron chi connectivity index (χ1n) is 4.50. The van der Waals surface area contributed by atoms with Crippen LogP contribution in [-0.4, -0.2) is 24.8 Å². The van der Waals surface area contributed by atoms with Crippen LogP contribution < -0.4 is 4.74 Å². The van der Waals surface area contributed by atoms with Crippen molar-refractivity contribution < 1.29 is 9.47 Å². The standard InChI is InChI=1S/C9H14ClNO2S/c1-7(2)5-12-3-4-13-9-11-8(10)6-14-9/h6-7H,3-5H2,1-2H3. The maximum Gasteiger partial charge on any atom is 0.274 e. The first kappa shape index (κ1) is 11.8. The van der Waals surface area contributed by atoms with Gasteiger partial charge in [0.25, 0.3) is 5.19 Å². The van der Waals surface area contributed by atoms with Gasteiger partial charge in [-0.05, 0) is 5.92 Å². The minimum Gasteiger partial charge on any atom is -0.468 e. The van der Waals surface area contributed by atoms with Crippen molar-refractivity contribution in [1.82, 2.24) is 4.98 Å². The van der Waals surface area contributed by atoms with E-state index in [-0.39, 0.29) is 0 Å². The smallest absolute Gasteiger partial charge is 0.274 e. The number of nitrogens with zero attached hydrogens (tertiary/aromatic N) is 1. The Balaban J connectivity index is 2.04. The molecule has 0 aliphatic carbocycles. The second-order valence-corrected chi connectivity index (χ2v) is 4.46. The van der Waals surface area contributed by atoms with Gasteiger partial charge in [0.05, 0.1) is 6.61 Å². The predicted octanol–water partition coefficient (Wildman–Crippen LogP) is 2.85. The normalized spacial score (nSPS) is 10.9. The van der Waals surface area contributed by atoms with E-state index in [9.17, 15) is 0 Å². The summed E-state index contributed by atoms with van der Waals surface area (Å²) in [4.78, 5) is 3.95. The highest BCUT2D eigenvalue weighted by molar-refractivity contribution is 7.11. The van der Waals surface area contributed by atoms with Crippen LogP contribution in [0.3, 0.4) is 0 Å². The molecule has 0 saturated carbocycles. The third-order valence-corrected chi connectivity index (χ3v) is 2.43. The van der Waals surface area contributed by atoms with Crippen molar-refractivity contribution >= 4 is 22.9 Å². The van der Waals surface area contributed by atoms with E-state index in [0.717, 1.165) is 6.61 Å². The summed E-state index contributed by atoms with van der Waals surface area (Å²) >= 11 is 7.02. The Labute approximate surface area is 93.0 Å². The molecule has 5 heteroatoms. The molecule has 0 saturated heterocycles. The average molecular weight is 236 g/mol. The van der Waals surface area contributed by atoms with Crippen molar-refractivity contribution in [2.45, 2.75) is 13.8 Å². The quantitative estimate of drug-likeness (QED) is 0.711. The lowest BCUT2D eigenvalue weighted by molar-refractivity contribution is 0.0818. The maximum atomic E-state index is 5.63. The average Bonchev–Trinajstić information content (AvgIpc) is 2.50. The Morgan fingerprint density at radius 1 is 1.50 bits per heavy atom. The summed E-state index contributed by atoms with van der Waals surface area (Å²) in [6, 6.07) is 0. The second-order valence-electron chi connectivity index (χ2n) is 3.25. The van der Waals surface area contributed by atoms with Crippen molar-refractivity contribution in [3.8, 4) is 5.19 Å². The summed E-state index contributed by atoms with van der Waals surface area (Å²) in [7, 11) is 0. The van der Waals surface area contributed by atoms with Crippen LogP contribution in [0.5, 0.6) is 5.19 Å². The highest BCUT2D eigenvalue weighted by Crippen LogP contribution is 2.20. The lowest BCUT2D eigenvalue weighted by Gasteiger charge is -2.06. The van der Waals surface area contributed by atoms with Gasteiger partial charge in [-0.3, -0.25) is 0 Å². The molecule has 0 amide bonds. The number of ether oxygens (including phenoxy) is 2.